The molecule has 0 fully saturated rings. The zero-order chi connectivity index (χ0) is 13.5. The predicted molar refractivity (Wildman–Crippen MR) is 76.1 cm³/mol. The Hall–Kier alpha value is -1.81. The molecule has 1 heterocycles. The van der Waals surface area contributed by atoms with Crippen LogP contribution in [0, 0.1) is 0 Å². The summed E-state index contributed by atoms with van der Waals surface area (Å²) in [5, 5.41) is 0. The summed E-state index contributed by atoms with van der Waals surface area (Å²) in [4.78, 5) is 4.34. The van der Waals surface area contributed by atoms with E-state index in [-0.39, 0.29) is 6.04 Å². The van der Waals surface area contributed by atoms with Crippen LogP contribution in [0.4, 0.5) is 0 Å². The van der Waals surface area contributed by atoms with Gasteiger partial charge >= 0.3 is 0 Å². The highest BCUT2D eigenvalue weighted by atomic mass is 16.5. The van der Waals surface area contributed by atoms with Crippen molar-refractivity contribution < 1.29 is 4.74 Å². The van der Waals surface area contributed by atoms with E-state index >= 15 is 0 Å². The van der Waals surface area contributed by atoms with Crippen molar-refractivity contribution in [3.8, 4) is 5.75 Å². The SMILES string of the molecule is CC(N)Cc1cn(CCCOc2ccccc2)cn1. The molecule has 0 radical (unpaired) electrons. The standard InChI is InChI=1S/C15H21N3O/c1-13(16)10-14-11-18(12-17-14)8-5-9-19-15-6-3-2-4-7-15/h2-4,6-7,11-13H,5,8-10,16H2,1H3. The van der Waals surface area contributed by atoms with Gasteiger partial charge in [0.1, 0.15) is 5.75 Å². The molecule has 0 saturated heterocycles. The smallest absolute Gasteiger partial charge is 0.119 e. The molecule has 0 aliphatic carbocycles. The van der Waals surface area contributed by atoms with E-state index in [0.29, 0.717) is 6.61 Å². The van der Waals surface area contributed by atoms with Gasteiger partial charge in [0.25, 0.3) is 0 Å². The number of aromatic nitrogens is 2. The topological polar surface area (TPSA) is 53.1 Å². The first-order chi connectivity index (χ1) is 9.24. The molecule has 2 aromatic rings. The highest BCUT2D eigenvalue weighted by Gasteiger charge is 2.02. The molecular formula is C15H21N3O. The van der Waals surface area contributed by atoms with Crippen molar-refractivity contribution in [2.24, 2.45) is 5.73 Å². The van der Waals surface area contributed by atoms with Crippen molar-refractivity contribution >= 4 is 0 Å². The van der Waals surface area contributed by atoms with E-state index in [1.807, 2.05) is 43.6 Å². The third-order valence-corrected chi connectivity index (χ3v) is 2.79. The number of para-hydroxylation sites is 1. The Balaban J connectivity index is 1.69. The van der Waals surface area contributed by atoms with Crippen molar-refractivity contribution in [2.75, 3.05) is 6.61 Å². The predicted octanol–water partition coefficient (Wildman–Crippen LogP) is 2.24. The molecule has 1 aromatic heterocycles. The van der Waals surface area contributed by atoms with Crippen molar-refractivity contribution in [3.05, 3.63) is 48.5 Å². The molecule has 0 spiro atoms. The van der Waals surface area contributed by atoms with Gasteiger partial charge in [-0.1, -0.05) is 18.2 Å². The average molecular weight is 259 g/mol. The molecule has 4 nitrogen and oxygen atoms in total. The van der Waals surface area contributed by atoms with Gasteiger partial charge in [-0.25, -0.2) is 4.98 Å². The molecule has 102 valence electrons. The molecule has 1 atom stereocenters. The Morgan fingerprint density at radius 3 is 2.84 bits per heavy atom. The highest BCUT2D eigenvalue weighted by Crippen LogP contribution is 2.08. The van der Waals surface area contributed by atoms with Crippen LogP contribution < -0.4 is 10.5 Å². The maximum Gasteiger partial charge on any atom is 0.119 e. The lowest BCUT2D eigenvalue weighted by atomic mass is 10.2. The Morgan fingerprint density at radius 1 is 1.32 bits per heavy atom. The summed E-state index contributed by atoms with van der Waals surface area (Å²) in [6.45, 7) is 3.62. The van der Waals surface area contributed by atoms with Crippen LogP contribution in [0.3, 0.4) is 0 Å². The maximum absolute atomic E-state index is 5.75. The van der Waals surface area contributed by atoms with Crippen LogP contribution in [-0.4, -0.2) is 22.2 Å². The molecule has 2 N–H and O–H groups in total. The van der Waals surface area contributed by atoms with Crippen LogP contribution in [0.5, 0.6) is 5.75 Å². The largest absolute Gasteiger partial charge is 0.494 e. The van der Waals surface area contributed by atoms with Gasteiger partial charge < -0.3 is 15.0 Å². The summed E-state index contributed by atoms with van der Waals surface area (Å²) in [6.07, 6.45) is 5.71. The number of nitrogens with zero attached hydrogens (tertiary/aromatic N) is 2. The van der Waals surface area contributed by atoms with Crippen LogP contribution in [0.25, 0.3) is 0 Å². The van der Waals surface area contributed by atoms with E-state index in [1.165, 1.54) is 0 Å². The number of rotatable bonds is 7. The van der Waals surface area contributed by atoms with E-state index in [1.54, 1.807) is 0 Å². The number of hydrogen-bond acceptors (Lipinski definition) is 3. The molecule has 19 heavy (non-hydrogen) atoms. The monoisotopic (exact) mass is 259 g/mol. The van der Waals surface area contributed by atoms with Crippen LogP contribution in [0.1, 0.15) is 19.0 Å². The molecular weight excluding hydrogens is 238 g/mol. The molecule has 2 rings (SSSR count). The molecule has 1 aromatic carbocycles. The second kappa shape index (κ2) is 6.95. The lowest BCUT2D eigenvalue weighted by Gasteiger charge is -2.06. The second-order valence-electron chi connectivity index (χ2n) is 4.80. The van der Waals surface area contributed by atoms with Crippen molar-refractivity contribution in [3.63, 3.8) is 0 Å². The lowest BCUT2D eigenvalue weighted by Crippen LogP contribution is -2.17. The fourth-order valence-electron chi connectivity index (χ4n) is 1.92. The summed E-state index contributed by atoms with van der Waals surface area (Å²) < 4.78 is 7.73. The summed E-state index contributed by atoms with van der Waals surface area (Å²) in [7, 11) is 0. The van der Waals surface area contributed by atoms with E-state index in [4.69, 9.17) is 10.5 Å². The minimum atomic E-state index is 0.157. The van der Waals surface area contributed by atoms with Gasteiger partial charge in [-0.15, -0.1) is 0 Å². The molecule has 0 saturated carbocycles. The van der Waals surface area contributed by atoms with Crippen molar-refractivity contribution in [2.45, 2.75) is 32.4 Å². The molecule has 0 bridgehead atoms. The first kappa shape index (κ1) is 13.6. The number of ether oxygens (including phenoxy) is 1. The van der Waals surface area contributed by atoms with Crippen molar-refractivity contribution in [1.82, 2.24) is 9.55 Å². The maximum atomic E-state index is 5.75. The number of aryl methyl sites for hydroxylation is 1. The van der Waals surface area contributed by atoms with Gasteiger partial charge in [-0.05, 0) is 25.5 Å². The van der Waals surface area contributed by atoms with Gasteiger partial charge in [0, 0.05) is 25.2 Å². The third kappa shape index (κ3) is 4.75. The number of nitrogens with two attached hydrogens (primary N) is 1. The van der Waals surface area contributed by atoms with Gasteiger partial charge in [0.05, 0.1) is 18.6 Å². The minimum absolute atomic E-state index is 0.157. The second-order valence-corrected chi connectivity index (χ2v) is 4.80. The van der Waals surface area contributed by atoms with E-state index in [9.17, 15) is 0 Å². The Labute approximate surface area is 114 Å². The Morgan fingerprint density at radius 2 is 2.11 bits per heavy atom. The van der Waals surface area contributed by atoms with E-state index < -0.39 is 0 Å². The fraction of sp³-hybridized carbons (Fsp3) is 0.400. The summed E-state index contributed by atoms with van der Waals surface area (Å²) in [5.74, 6) is 0.922. The normalized spacial score (nSPS) is 12.3. The minimum Gasteiger partial charge on any atom is -0.494 e. The number of hydrogen-bond donors (Lipinski definition) is 1. The fourth-order valence-corrected chi connectivity index (χ4v) is 1.92. The summed E-state index contributed by atoms with van der Waals surface area (Å²) in [5.41, 5.74) is 6.81. The van der Waals surface area contributed by atoms with Crippen LogP contribution in [0.2, 0.25) is 0 Å². The first-order valence-electron chi connectivity index (χ1n) is 6.68. The molecule has 0 amide bonds. The summed E-state index contributed by atoms with van der Waals surface area (Å²) >= 11 is 0. The summed E-state index contributed by atoms with van der Waals surface area (Å²) in [6, 6.07) is 10.0. The molecule has 0 aliphatic heterocycles. The van der Waals surface area contributed by atoms with Crippen molar-refractivity contribution in [1.29, 1.82) is 0 Å². The number of benzene rings is 1. The van der Waals surface area contributed by atoms with Crippen LogP contribution in [-0.2, 0) is 13.0 Å². The zero-order valence-corrected chi connectivity index (χ0v) is 11.3. The molecule has 0 aliphatic rings. The average Bonchev–Trinajstić information content (AvgIpc) is 2.83. The van der Waals surface area contributed by atoms with Gasteiger partial charge in [-0.2, -0.15) is 0 Å². The van der Waals surface area contributed by atoms with Gasteiger partial charge in [0.2, 0.25) is 0 Å². The van der Waals surface area contributed by atoms with E-state index in [2.05, 4.69) is 15.7 Å². The van der Waals surface area contributed by atoms with Crippen LogP contribution in [0.15, 0.2) is 42.9 Å². The number of imidazole rings is 1. The molecule has 4 heteroatoms. The lowest BCUT2D eigenvalue weighted by molar-refractivity contribution is 0.301. The van der Waals surface area contributed by atoms with E-state index in [0.717, 1.165) is 30.8 Å². The Kier molecular flexibility index (Phi) is 4.98. The third-order valence-electron chi connectivity index (χ3n) is 2.79. The Bertz CT molecular complexity index is 479. The van der Waals surface area contributed by atoms with Crippen LogP contribution >= 0.6 is 0 Å². The highest BCUT2D eigenvalue weighted by molar-refractivity contribution is 5.20. The van der Waals surface area contributed by atoms with Gasteiger partial charge in [0.15, 0.2) is 0 Å². The van der Waals surface area contributed by atoms with Gasteiger partial charge in [-0.3, -0.25) is 0 Å². The quantitative estimate of drug-likeness (QED) is 0.776. The molecule has 1 unspecified atom stereocenters. The first-order valence-corrected chi connectivity index (χ1v) is 6.68. The zero-order valence-electron chi connectivity index (χ0n) is 11.3.